The molecule has 0 bridgehead atoms. The van der Waals surface area contributed by atoms with Crippen molar-refractivity contribution < 1.29 is 0 Å². The molecule has 0 saturated carbocycles. The van der Waals surface area contributed by atoms with Crippen LogP contribution in [0.5, 0.6) is 0 Å². The van der Waals surface area contributed by atoms with Gasteiger partial charge in [-0.05, 0) is 55.7 Å². The molecule has 3 aromatic rings. The summed E-state index contributed by atoms with van der Waals surface area (Å²) in [4.78, 5) is 9.77. The lowest BCUT2D eigenvalue weighted by Gasteiger charge is -2.22. The molecule has 0 radical (unpaired) electrons. The first-order valence-corrected chi connectivity index (χ1v) is 11.1. The molecule has 4 nitrogen and oxygen atoms in total. The number of aromatic nitrogens is 1. The van der Waals surface area contributed by atoms with Crippen LogP contribution in [0.2, 0.25) is 0 Å². The topological polar surface area (TPSA) is 31.4 Å². The summed E-state index contributed by atoms with van der Waals surface area (Å²) in [5, 5.41) is 3.47. The van der Waals surface area contributed by atoms with Gasteiger partial charge in [0.25, 0.3) is 0 Å². The van der Waals surface area contributed by atoms with Crippen LogP contribution in [0.25, 0.3) is 11.1 Å². The third-order valence-electron chi connectivity index (χ3n) is 5.76. The third kappa shape index (κ3) is 6.15. The molecule has 0 amide bonds. The first-order valence-electron chi connectivity index (χ1n) is 11.1. The number of rotatable bonds is 8. The number of hydrogen-bond donors (Lipinski definition) is 1. The van der Waals surface area contributed by atoms with Gasteiger partial charge in [-0.2, -0.15) is 0 Å². The number of nitrogens with one attached hydrogen (secondary N) is 1. The lowest BCUT2D eigenvalue weighted by atomic mass is 10.1. The minimum absolute atomic E-state index is 0.958. The fourth-order valence-corrected chi connectivity index (χ4v) is 4.07. The zero-order chi connectivity index (χ0) is 20.4. The fraction of sp³-hybridized carbons (Fsp3) is 0.346. The van der Waals surface area contributed by atoms with Gasteiger partial charge in [0.15, 0.2) is 0 Å². The van der Waals surface area contributed by atoms with Crippen LogP contribution in [0.1, 0.15) is 18.4 Å². The average Bonchev–Trinajstić information content (AvgIpc) is 3.03. The molecule has 0 spiro atoms. The maximum absolute atomic E-state index is 4.57. The number of benzene rings is 2. The van der Waals surface area contributed by atoms with Gasteiger partial charge in [-0.15, -0.1) is 0 Å². The Morgan fingerprint density at radius 3 is 2.23 bits per heavy atom. The summed E-state index contributed by atoms with van der Waals surface area (Å²) >= 11 is 0. The van der Waals surface area contributed by atoms with Crippen molar-refractivity contribution in [3.8, 4) is 11.1 Å². The summed E-state index contributed by atoms with van der Waals surface area (Å²) < 4.78 is 0. The molecule has 1 fully saturated rings. The van der Waals surface area contributed by atoms with E-state index in [2.05, 4.69) is 86.8 Å². The minimum atomic E-state index is 0.958. The smallest absolute Gasteiger partial charge is 0.125 e. The molecule has 1 N–H and O–H groups in total. The number of pyridine rings is 1. The van der Waals surface area contributed by atoms with Gasteiger partial charge < -0.3 is 10.2 Å². The Labute approximate surface area is 180 Å². The first-order chi connectivity index (χ1) is 14.9. The average molecular weight is 401 g/mol. The zero-order valence-corrected chi connectivity index (χ0v) is 17.7. The van der Waals surface area contributed by atoms with Gasteiger partial charge in [-0.3, -0.25) is 4.90 Å². The molecule has 2 aromatic carbocycles. The lowest BCUT2D eigenvalue weighted by Crippen LogP contribution is -2.31. The van der Waals surface area contributed by atoms with E-state index < -0.39 is 0 Å². The van der Waals surface area contributed by atoms with Crippen LogP contribution in [-0.2, 0) is 6.54 Å². The van der Waals surface area contributed by atoms with Gasteiger partial charge >= 0.3 is 0 Å². The molecular formula is C26H32N4. The highest BCUT2D eigenvalue weighted by atomic mass is 15.2. The van der Waals surface area contributed by atoms with E-state index in [0.717, 1.165) is 50.5 Å². The second-order valence-electron chi connectivity index (χ2n) is 8.04. The van der Waals surface area contributed by atoms with E-state index in [9.17, 15) is 0 Å². The van der Waals surface area contributed by atoms with Gasteiger partial charge in [0.1, 0.15) is 5.82 Å². The highest BCUT2D eigenvalue weighted by Crippen LogP contribution is 2.19. The maximum Gasteiger partial charge on any atom is 0.125 e. The van der Waals surface area contributed by atoms with E-state index >= 15 is 0 Å². The fourth-order valence-electron chi connectivity index (χ4n) is 4.07. The number of anilines is 1. The van der Waals surface area contributed by atoms with Gasteiger partial charge in [0, 0.05) is 37.9 Å². The Bertz CT molecular complexity index is 865. The van der Waals surface area contributed by atoms with Gasteiger partial charge in [0.2, 0.25) is 0 Å². The van der Waals surface area contributed by atoms with Crippen molar-refractivity contribution in [3.63, 3.8) is 0 Å². The summed E-state index contributed by atoms with van der Waals surface area (Å²) in [6.45, 7) is 7.90. The summed E-state index contributed by atoms with van der Waals surface area (Å²) in [6.07, 6.45) is 4.34. The Hall–Kier alpha value is -2.69. The van der Waals surface area contributed by atoms with Crippen molar-refractivity contribution in [3.05, 3.63) is 84.6 Å². The van der Waals surface area contributed by atoms with Crippen molar-refractivity contribution in [2.75, 3.05) is 44.6 Å². The van der Waals surface area contributed by atoms with E-state index in [0.29, 0.717) is 0 Å². The summed E-state index contributed by atoms with van der Waals surface area (Å²) in [6, 6.07) is 25.4. The molecule has 1 aliphatic heterocycles. The summed E-state index contributed by atoms with van der Waals surface area (Å²) in [5.41, 5.74) is 3.78. The van der Waals surface area contributed by atoms with Crippen molar-refractivity contribution in [2.45, 2.75) is 19.4 Å². The Kier molecular flexibility index (Phi) is 7.48. The zero-order valence-electron chi connectivity index (χ0n) is 17.7. The Morgan fingerprint density at radius 1 is 0.733 bits per heavy atom. The standard InChI is InChI=1S/C26H32N4/c1-3-9-23(10-4-1)22-30-18-8-17-29(19-20-30)16-7-15-27-26-14-13-25(21-28-26)24-11-5-2-6-12-24/h1-6,9-14,21H,7-8,15-20,22H2,(H,27,28). The van der Waals surface area contributed by atoms with Crippen molar-refractivity contribution >= 4 is 5.82 Å². The molecule has 1 aliphatic rings. The molecule has 156 valence electrons. The second-order valence-corrected chi connectivity index (χ2v) is 8.04. The molecule has 0 atom stereocenters. The molecule has 4 rings (SSSR count). The maximum atomic E-state index is 4.57. The summed E-state index contributed by atoms with van der Waals surface area (Å²) in [5.74, 6) is 0.958. The largest absolute Gasteiger partial charge is 0.370 e. The van der Waals surface area contributed by atoms with Crippen molar-refractivity contribution in [1.82, 2.24) is 14.8 Å². The Balaban J connectivity index is 1.16. The molecule has 1 saturated heterocycles. The van der Waals surface area contributed by atoms with E-state index in [-0.39, 0.29) is 0 Å². The van der Waals surface area contributed by atoms with Crippen molar-refractivity contribution in [2.24, 2.45) is 0 Å². The van der Waals surface area contributed by atoms with E-state index in [1.165, 1.54) is 30.6 Å². The SMILES string of the molecule is c1ccc(CN2CCCN(CCCNc3ccc(-c4ccccc4)cn3)CC2)cc1. The molecular weight excluding hydrogens is 368 g/mol. The lowest BCUT2D eigenvalue weighted by molar-refractivity contribution is 0.251. The van der Waals surface area contributed by atoms with Crippen LogP contribution in [0.15, 0.2) is 79.0 Å². The predicted octanol–water partition coefficient (Wildman–Crippen LogP) is 4.76. The molecule has 2 heterocycles. The first kappa shape index (κ1) is 20.6. The quantitative estimate of drug-likeness (QED) is 0.553. The third-order valence-corrected chi connectivity index (χ3v) is 5.76. The highest BCUT2D eigenvalue weighted by Gasteiger charge is 2.14. The minimum Gasteiger partial charge on any atom is -0.370 e. The molecule has 1 aromatic heterocycles. The monoisotopic (exact) mass is 400 g/mol. The van der Waals surface area contributed by atoms with Gasteiger partial charge in [0.05, 0.1) is 0 Å². The summed E-state index contributed by atoms with van der Waals surface area (Å²) in [7, 11) is 0. The number of hydrogen-bond acceptors (Lipinski definition) is 4. The van der Waals surface area contributed by atoms with Gasteiger partial charge in [-0.1, -0.05) is 60.7 Å². The highest BCUT2D eigenvalue weighted by molar-refractivity contribution is 5.63. The number of nitrogens with zero attached hydrogens (tertiary/aromatic N) is 3. The van der Waals surface area contributed by atoms with Crippen LogP contribution in [0.4, 0.5) is 5.82 Å². The molecule has 0 unspecified atom stereocenters. The van der Waals surface area contributed by atoms with Crippen LogP contribution in [0, 0.1) is 0 Å². The predicted molar refractivity (Wildman–Crippen MR) is 126 cm³/mol. The molecule has 30 heavy (non-hydrogen) atoms. The van der Waals surface area contributed by atoms with Crippen LogP contribution in [-0.4, -0.2) is 54.1 Å². The normalized spacial score (nSPS) is 15.6. The van der Waals surface area contributed by atoms with Crippen molar-refractivity contribution in [1.29, 1.82) is 0 Å². The van der Waals surface area contributed by atoms with E-state index in [1.807, 2.05) is 12.3 Å². The molecule has 4 heteroatoms. The van der Waals surface area contributed by atoms with Crippen LogP contribution in [0.3, 0.4) is 0 Å². The van der Waals surface area contributed by atoms with E-state index in [1.54, 1.807) is 0 Å². The van der Waals surface area contributed by atoms with Crippen LogP contribution >= 0.6 is 0 Å². The Morgan fingerprint density at radius 2 is 1.47 bits per heavy atom. The second kappa shape index (κ2) is 10.9. The van der Waals surface area contributed by atoms with E-state index in [4.69, 9.17) is 0 Å². The molecule has 0 aliphatic carbocycles. The van der Waals surface area contributed by atoms with Gasteiger partial charge in [-0.25, -0.2) is 4.98 Å². The van der Waals surface area contributed by atoms with Crippen LogP contribution < -0.4 is 5.32 Å².